The number of rotatable bonds is 5. The van der Waals surface area contributed by atoms with Gasteiger partial charge in [0.15, 0.2) is 0 Å². The van der Waals surface area contributed by atoms with E-state index >= 15 is 0 Å². The predicted molar refractivity (Wildman–Crippen MR) is 131 cm³/mol. The number of carbonyl (C=O) groups is 2. The highest BCUT2D eigenvalue weighted by molar-refractivity contribution is 8.38. The molecule has 0 saturated carbocycles. The van der Waals surface area contributed by atoms with E-state index < -0.39 is 0 Å². The molecule has 4 rings (SSSR count). The zero-order valence-electron chi connectivity index (χ0n) is 16.9. The molecular formula is C24H21N3O2S2. The monoisotopic (exact) mass is 447 g/mol. The average molecular weight is 448 g/mol. The molecule has 2 amide bonds. The summed E-state index contributed by atoms with van der Waals surface area (Å²) in [7, 11) is 0. The van der Waals surface area contributed by atoms with Crippen molar-refractivity contribution in [1.82, 2.24) is 0 Å². The number of aliphatic imine (C=N–C) groups is 1. The first kappa shape index (κ1) is 21.2. The van der Waals surface area contributed by atoms with Gasteiger partial charge < -0.3 is 10.6 Å². The van der Waals surface area contributed by atoms with Gasteiger partial charge in [-0.15, -0.1) is 0 Å². The number of aryl methyl sites for hydroxylation is 1. The van der Waals surface area contributed by atoms with Crippen molar-refractivity contribution in [1.29, 1.82) is 0 Å². The van der Waals surface area contributed by atoms with Gasteiger partial charge in [0.25, 0.3) is 5.91 Å². The fourth-order valence-corrected chi connectivity index (χ4v) is 4.97. The summed E-state index contributed by atoms with van der Waals surface area (Å²) in [6.45, 7) is 1.97. The lowest BCUT2D eigenvalue weighted by molar-refractivity contribution is -0.113. The Morgan fingerprint density at radius 2 is 1.81 bits per heavy atom. The molecule has 3 aromatic carbocycles. The van der Waals surface area contributed by atoms with Crippen molar-refractivity contribution in [3.63, 3.8) is 0 Å². The number of hydrogen-bond acceptors (Lipinski definition) is 5. The van der Waals surface area contributed by atoms with Crippen LogP contribution in [-0.2, 0) is 10.5 Å². The predicted octanol–water partition coefficient (Wildman–Crippen LogP) is 5.85. The molecule has 1 aliphatic rings. The fraction of sp³-hybridized carbons (Fsp3) is 0.125. The molecule has 0 radical (unpaired) electrons. The van der Waals surface area contributed by atoms with E-state index in [1.54, 1.807) is 36.0 Å². The number of thioether (sulfide) groups is 2. The quantitative estimate of drug-likeness (QED) is 0.514. The second-order valence-electron chi connectivity index (χ2n) is 7.00. The highest BCUT2D eigenvalue weighted by Gasteiger charge is 2.16. The number of carbonyl (C=O) groups excluding carboxylic acids is 2. The van der Waals surface area contributed by atoms with Crippen LogP contribution in [0, 0.1) is 6.92 Å². The van der Waals surface area contributed by atoms with E-state index in [4.69, 9.17) is 0 Å². The molecule has 0 atom stereocenters. The van der Waals surface area contributed by atoms with Gasteiger partial charge in [-0.25, -0.2) is 4.99 Å². The Hall–Kier alpha value is -3.03. The molecule has 5 nitrogen and oxygen atoms in total. The van der Waals surface area contributed by atoms with Gasteiger partial charge in [-0.3, -0.25) is 9.59 Å². The first-order chi connectivity index (χ1) is 15.1. The van der Waals surface area contributed by atoms with Gasteiger partial charge in [-0.2, -0.15) is 0 Å². The van der Waals surface area contributed by atoms with Crippen LogP contribution in [0.4, 0.5) is 17.1 Å². The van der Waals surface area contributed by atoms with Gasteiger partial charge in [0.05, 0.1) is 22.7 Å². The van der Waals surface area contributed by atoms with E-state index in [-0.39, 0.29) is 17.6 Å². The van der Waals surface area contributed by atoms with Crippen LogP contribution in [0.5, 0.6) is 0 Å². The van der Waals surface area contributed by atoms with Crippen molar-refractivity contribution < 1.29 is 9.59 Å². The van der Waals surface area contributed by atoms with Gasteiger partial charge in [0, 0.05) is 11.4 Å². The number of nitrogens with zero attached hydrogens (tertiary/aromatic N) is 1. The molecule has 156 valence electrons. The largest absolute Gasteiger partial charge is 0.325 e. The van der Waals surface area contributed by atoms with Crippen LogP contribution in [0.15, 0.2) is 77.8 Å². The summed E-state index contributed by atoms with van der Waals surface area (Å²) in [6.07, 6.45) is 0. The van der Waals surface area contributed by atoms with Crippen molar-refractivity contribution in [3.8, 4) is 0 Å². The summed E-state index contributed by atoms with van der Waals surface area (Å²) in [6, 6.07) is 22.6. The molecule has 0 fully saturated rings. The molecule has 3 aromatic rings. The van der Waals surface area contributed by atoms with E-state index in [0.29, 0.717) is 16.9 Å². The van der Waals surface area contributed by atoms with Crippen LogP contribution in [0.3, 0.4) is 0 Å². The summed E-state index contributed by atoms with van der Waals surface area (Å²) in [5, 5.41) is 5.75. The zero-order valence-corrected chi connectivity index (χ0v) is 18.6. The van der Waals surface area contributed by atoms with E-state index in [2.05, 4.69) is 21.7 Å². The van der Waals surface area contributed by atoms with Crippen LogP contribution >= 0.6 is 23.5 Å². The minimum Gasteiger partial charge on any atom is -0.325 e. The average Bonchev–Trinajstić information content (AvgIpc) is 2.78. The molecule has 0 spiro atoms. The Labute approximate surface area is 189 Å². The van der Waals surface area contributed by atoms with Crippen molar-refractivity contribution in [2.75, 3.05) is 16.4 Å². The van der Waals surface area contributed by atoms with Gasteiger partial charge in [-0.1, -0.05) is 66.0 Å². The van der Waals surface area contributed by atoms with E-state index in [1.807, 2.05) is 49.4 Å². The van der Waals surface area contributed by atoms with Crippen molar-refractivity contribution in [2.45, 2.75) is 12.7 Å². The Balaban J connectivity index is 1.39. The lowest BCUT2D eigenvalue weighted by atomic mass is 10.1. The maximum Gasteiger partial charge on any atom is 0.257 e. The molecule has 1 aliphatic heterocycles. The Morgan fingerprint density at radius 1 is 1.00 bits per heavy atom. The topological polar surface area (TPSA) is 70.6 Å². The molecule has 0 unspecified atom stereocenters. The van der Waals surface area contributed by atoms with Crippen LogP contribution in [0.1, 0.15) is 21.5 Å². The first-order valence-electron chi connectivity index (χ1n) is 9.77. The Bertz CT molecular complexity index is 1160. The van der Waals surface area contributed by atoms with E-state index in [1.165, 1.54) is 17.3 Å². The first-order valence-corrected chi connectivity index (χ1v) is 11.7. The highest BCUT2D eigenvalue weighted by atomic mass is 32.2. The number of nitrogens with one attached hydrogen (secondary N) is 2. The second kappa shape index (κ2) is 9.85. The third-order valence-electron chi connectivity index (χ3n) is 4.60. The zero-order chi connectivity index (χ0) is 21.6. The molecule has 1 heterocycles. The van der Waals surface area contributed by atoms with Crippen LogP contribution in [0.2, 0.25) is 0 Å². The summed E-state index contributed by atoms with van der Waals surface area (Å²) >= 11 is 3.04. The number of fused-ring (bicyclic) bond motifs is 1. The summed E-state index contributed by atoms with van der Waals surface area (Å²) in [5.74, 6) is 0.633. The minimum atomic E-state index is -0.266. The van der Waals surface area contributed by atoms with Crippen LogP contribution in [-0.4, -0.2) is 21.9 Å². The second-order valence-corrected chi connectivity index (χ2v) is 9.19. The Kier molecular flexibility index (Phi) is 6.74. The van der Waals surface area contributed by atoms with Gasteiger partial charge in [0.2, 0.25) is 5.91 Å². The third kappa shape index (κ3) is 5.57. The molecule has 2 N–H and O–H groups in total. The number of para-hydroxylation sites is 2. The van der Waals surface area contributed by atoms with Gasteiger partial charge in [-0.05, 0) is 48.4 Å². The summed E-state index contributed by atoms with van der Waals surface area (Å²) in [5.41, 5.74) is 4.84. The SMILES string of the molecule is Cc1cccc(NC(=O)c2ccccc2NC(=O)CSC2=Nc3ccccc3CS2)c1. The summed E-state index contributed by atoms with van der Waals surface area (Å²) < 4.78 is 0.874. The smallest absolute Gasteiger partial charge is 0.257 e. The van der Waals surface area contributed by atoms with Crippen molar-refractivity contribution in [3.05, 3.63) is 89.5 Å². The normalized spacial score (nSPS) is 12.5. The van der Waals surface area contributed by atoms with Gasteiger partial charge in [0.1, 0.15) is 4.38 Å². The number of hydrogen-bond donors (Lipinski definition) is 2. The summed E-state index contributed by atoms with van der Waals surface area (Å²) in [4.78, 5) is 29.9. The molecule has 0 aromatic heterocycles. The molecule has 31 heavy (non-hydrogen) atoms. The van der Waals surface area contributed by atoms with Crippen molar-refractivity contribution >= 4 is 56.8 Å². The highest BCUT2D eigenvalue weighted by Crippen LogP contribution is 2.34. The Morgan fingerprint density at radius 3 is 2.68 bits per heavy atom. The van der Waals surface area contributed by atoms with Gasteiger partial charge >= 0.3 is 0 Å². The molecule has 0 aliphatic carbocycles. The van der Waals surface area contributed by atoms with Crippen molar-refractivity contribution in [2.24, 2.45) is 4.99 Å². The van der Waals surface area contributed by atoms with Crippen LogP contribution in [0.25, 0.3) is 0 Å². The molecule has 0 bridgehead atoms. The fourth-order valence-electron chi connectivity index (χ4n) is 3.11. The van der Waals surface area contributed by atoms with E-state index in [9.17, 15) is 9.59 Å². The lowest BCUT2D eigenvalue weighted by Gasteiger charge is -2.14. The maximum absolute atomic E-state index is 12.8. The number of amides is 2. The van der Waals surface area contributed by atoms with E-state index in [0.717, 1.165) is 21.4 Å². The molecular weight excluding hydrogens is 426 g/mol. The number of anilines is 2. The lowest BCUT2D eigenvalue weighted by Crippen LogP contribution is -2.19. The standard InChI is InChI=1S/C24H21N3O2S2/c1-16-7-6-9-18(13-16)25-23(29)19-10-3-5-12-21(19)26-22(28)15-31-24-27-20-11-4-2-8-17(20)14-30-24/h2-13H,14-15H2,1H3,(H,25,29)(H,26,28). The molecule has 7 heteroatoms. The van der Waals surface area contributed by atoms with Crippen LogP contribution < -0.4 is 10.6 Å². The molecule has 0 saturated heterocycles. The number of benzene rings is 3. The maximum atomic E-state index is 12.8. The minimum absolute atomic E-state index is 0.178. The third-order valence-corrected chi connectivity index (χ3v) is 6.85.